The largest absolute Gasteiger partial charge is 0.489 e. The average molecular weight is 524 g/mol. The molecule has 1 N–H and O–H groups in total. The molecule has 3 aromatic carbocycles. The number of anilines is 1. The summed E-state index contributed by atoms with van der Waals surface area (Å²) in [5.41, 5.74) is 1.77. The standard InChI is InChI=1S/C27H23Cl2N3O4/c28-20-12-7-16(14-21(20)29)15-36-18-10-8-17(9-11-18)24-23-6-3-13-31(23)27(25(24)32(34)35)19-4-1-2-5-22(19)30-26(27)33/h1-2,4-5,7-12,14,23-25H,3,6,13,15H2,(H,30,33)/t23-,24+,25+,27-/m0/s1. The van der Waals surface area contributed by atoms with Gasteiger partial charge >= 0.3 is 0 Å². The average Bonchev–Trinajstić information content (AvgIpc) is 3.53. The van der Waals surface area contributed by atoms with E-state index in [0.29, 0.717) is 40.2 Å². The molecule has 9 heteroatoms. The summed E-state index contributed by atoms with van der Waals surface area (Å²) >= 11 is 12.1. The van der Waals surface area contributed by atoms with Crippen molar-refractivity contribution in [1.82, 2.24) is 4.90 Å². The summed E-state index contributed by atoms with van der Waals surface area (Å²) < 4.78 is 5.91. The summed E-state index contributed by atoms with van der Waals surface area (Å²) in [6.07, 6.45) is 1.70. The van der Waals surface area contributed by atoms with E-state index < -0.39 is 17.5 Å². The molecule has 7 nitrogen and oxygen atoms in total. The summed E-state index contributed by atoms with van der Waals surface area (Å²) in [6, 6.07) is 18.9. The number of carbonyl (C=O) groups is 1. The monoisotopic (exact) mass is 523 g/mol. The first kappa shape index (κ1) is 23.3. The molecule has 6 rings (SSSR count). The van der Waals surface area contributed by atoms with Gasteiger partial charge < -0.3 is 10.1 Å². The Morgan fingerprint density at radius 2 is 1.86 bits per heavy atom. The maximum Gasteiger partial charge on any atom is 0.256 e. The van der Waals surface area contributed by atoms with E-state index in [9.17, 15) is 14.9 Å². The molecule has 3 aliphatic rings. The second kappa shape index (κ2) is 8.76. The number of rotatable bonds is 5. The minimum absolute atomic E-state index is 0.0970. The first-order valence-corrected chi connectivity index (χ1v) is 12.6. The normalized spacial score (nSPS) is 26.6. The van der Waals surface area contributed by atoms with Crippen LogP contribution in [0.2, 0.25) is 10.0 Å². The molecule has 2 fully saturated rings. The fourth-order valence-electron chi connectivity index (χ4n) is 6.36. The SMILES string of the molecule is O=C1Nc2ccccc2[C@]12[C@H]([N+](=O)[O-])[C@H](c1ccc(OCc3ccc(Cl)c(Cl)c3)cc1)[C@@H]1CCCN12. The topological polar surface area (TPSA) is 84.7 Å². The van der Waals surface area contributed by atoms with Gasteiger partial charge in [-0.1, -0.05) is 59.6 Å². The Morgan fingerprint density at radius 1 is 1.08 bits per heavy atom. The van der Waals surface area contributed by atoms with Crippen molar-refractivity contribution in [3.63, 3.8) is 0 Å². The first-order valence-electron chi connectivity index (χ1n) is 11.9. The Balaban J connectivity index is 1.33. The van der Waals surface area contributed by atoms with Crippen LogP contribution in [0.3, 0.4) is 0 Å². The molecule has 4 atom stereocenters. The van der Waals surface area contributed by atoms with Gasteiger partial charge in [0.15, 0.2) is 5.54 Å². The zero-order valence-corrected chi connectivity index (χ0v) is 20.7. The zero-order chi connectivity index (χ0) is 25.0. The highest BCUT2D eigenvalue weighted by Crippen LogP contribution is 2.58. The number of nitrogens with one attached hydrogen (secondary N) is 1. The van der Waals surface area contributed by atoms with Gasteiger partial charge in [0.25, 0.3) is 11.9 Å². The van der Waals surface area contributed by atoms with Gasteiger partial charge in [0.2, 0.25) is 0 Å². The van der Waals surface area contributed by atoms with Crippen molar-refractivity contribution < 1.29 is 14.5 Å². The van der Waals surface area contributed by atoms with Crippen LogP contribution in [0.25, 0.3) is 0 Å². The second-order valence-electron chi connectivity index (χ2n) is 9.53. The van der Waals surface area contributed by atoms with E-state index in [0.717, 1.165) is 24.0 Å². The third-order valence-electron chi connectivity index (χ3n) is 7.75. The highest BCUT2D eigenvalue weighted by molar-refractivity contribution is 6.42. The molecule has 0 bridgehead atoms. The molecule has 3 aliphatic heterocycles. The zero-order valence-electron chi connectivity index (χ0n) is 19.2. The van der Waals surface area contributed by atoms with Gasteiger partial charge in [-0.25, -0.2) is 0 Å². The fourth-order valence-corrected chi connectivity index (χ4v) is 6.68. The van der Waals surface area contributed by atoms with E-state index in [2.05, 4.69) is 10.2 Å². The van der Waals surface area contributed by atoms with Crippen LogP contribution in [-0.4, -0.2) is 34.4 Å². The maximum atomic E-state index is 13.5. The van der Waals surface area contributed by atoms with E-state index in [-0.39, 0.29) is 16.9 Å². The van der Waals surface area contributed by atoms with Crippen LogP contribution in [0.1, 0.15) is 35.4 Å². The molecule has 1 amide bonds. The predicted octanol–water partition coefficient (Wildman–Crippen LogP) is 5.63. The van der Waals surface area contributed by atoms with Crippen molar-refractivity contribution >= 4 is 34.8 Å². The molecule has 3 heterocycles. The number of fused-ring (bicyclic) bond motifs is 4. The summed E-state index contributed by atoms with van der Waals surface area (Å²) in [4.78, 5) is 28.0. The lowest BCUT2D eigenvalue weighted by molar-refractivity contribution is -0.534. The number of hydrogen-bond acceptors (Lipinski definition) is 5. The Kier molecular flexibility index (Phi) is 5.67. The molecular formula is C27H23Cl2N3O4. The van der Waals surface area contributed by atoms with E-state index >= 15 is 0 Å². The number of amides is 1. The molecule has 3 aromatic rings. The van der Waals surface area contributed by atoms with Crippen LogP contribution in [-0.2, 0) is 16.9 Å². The number of hydrogen-bond donors (Lipinski definition) is 1. The van der Waals surface area contributed by atoms with Crippen molar-refractivity contribution in [2.45, 2.75) is 43.0 Å². The van der Waals surface area contributed by atoms with Gasteiger partial charge in [-0.05, 0) is 54.3 Å². The van der Waals surface area contributed by atoms with Crippen molar-refractivity contribution in [3.8, 4) is 5.75 Å². The molecule has 0 unspecified atom stereocenters. The molecule has 36 heavy (non-hydrogen) atoms. The number of ether oxygens (including phenoxy) is 1. The van der Waals surface area contributed by atoms with Crippen LogP contribution in [0, 0.1) is 10.1 Å². The smallest absolute Gasteiger partial charge is 0.256 e. The predicted molar refractivity (Wildman–Crippen MR) is 137 cm³/mol. The van der Waals surface area contributed by atoms with Gasteiger partial charge in [0.05, 0.1) is 16.0 Å². The van der Waals surface area contributed by atoms with Crippen molar-refractivity contribution in [3.05, 3.63) is 104 Å². The van der Waals surface area contributed by atoms with Gasteiger partial charge in [0.1, 0.15) is 12.4 Å². The minimum Gasteiger partial charge on any atom is -0.489 e. The number of halogens is 2. The Hall–Kier alpha value is -3.13. The van der Waals surface area contributed by atoms with Gasteiger partial charge in [0, 0.05) is 28.8 Å². The van der Waals surface area contributed by atoms with Crippen LogP contribution < -0.4 is 10.1 Å². The summed E-state index contributed by atoms with van der Waals surface area (Å²) in [5.74, 6) is -0.0904. The number of benzene rings is 3. The van der Waals surface area contributed by atoms with E-state index in [1.54, 1.807) is 12.1 Å². The molecule has 0 radical (unpaired) electrons. The second-order valence-corrected chi connectivity index (χ2v) is 10.3. The third kappa shape index (κ3) is 3.41. The Labute approximate surface area is 218 Å². The highest BCUT2D eigenvalue weighted by Gasteiger charge is 2.73. The van der Waals surface area contributed by atoms with E-state index in [1.807, 2.05) is 54.6 Å². The summed E-state index contributed by atoms with van der Waals surface area (Å²) in [5, 5.41) is 16.5. The first-order chi connectivity index (χ1) is 17.4. The highest BCUT2D eigenvalue weighted by atomic mass is 35.5. The summed E-state index contributed by atoms with van der Waals surface area (Å²) in [7, 11) is 0. The van der Waals surface area contributed by atoms with Crippen LogP contribution in [0.15, 0.2) is 66.7 Å². The van der Waals surface area contributed by atoms with Crippen LogP contribution in [0.4, 0.5) is 5.69 Å². The van der Waals surface area contributed by atoms with Crippen molar-refractivity contribution in [2.24, 2.45) is 0 Å². The summed E-state index contributed by atoms with van der Waals surface area (Å²) in [6.45, 7) is 0.964. The van der Waals surface area contributed by atoms with Crippen molar-refractivity contribution in [2.75, 3.05) is 11.9 Å². The van der Waals surface area contributed by atoms with Gasteiger partial charge in [-0.3, -0.25) is 19.8 Å². The molecule has 2 saturated heterocycles. The molecular weight excluding hydrogens is 501 g/mol. The number of nitrogens with zero attached hydrogens (tertiary/aromatic N) is 2. The molecule has 184 valence electrons. The van der Waals surface area contributed by atoms with Crippen LogP contribution in [0.5, 0.6) is 5.75 Å². The molecule has 0 aromatic heterocycles. The Bertz CT molecular complexity index is 1370. The van der Waals surface area contributed by atoms with Gasteiger partial charge in [-0.2, -0.15) is 0 Å². The van der Waals surface area contributed by atoms with Gasteiger partial charge in [-0.15, -0.1) is 0 Å². The lowest BCUT2D eigenvalue weighted by Gasteiger charge is -2.32. The molecule has 0 saturated carbocycles. The van der Waals surface area contributed by atoms with Crippen molar-refractivity contribution in [1.29, 1.82) is 0 Å². The lowest BCUT2D eigenvalue weighted by Crippen LogP contribution is -2.55. The van der Waals surface area contributed by atoms with Crippen LogP contribution >= 0.6 is 23.2 Å². The fraction of sp³-hybridized carbons (Fsp3) is 0.296. The Morgan fingerprint density at radius 3 is 2.61 bits per heavy atom. The number of nitro groups is 1. The number of para-hydroxylation sites is 1. The third-order valence-corrected chi connectivity index (χ3v) is 8.49. The molecule has 1 spiro atoms. The van der Waals surface area contributed by atoms with E-state index in [1.165, 1.54) is 0 Å². The maximum absolute atomic E-state index is 13.5. The minimum atomic E-state index is -1.31. The van der Waals surface area contributed by atoms with E-state index in [4.69, 9.17) is 27.9 Å². The quantitative estimate of drug-likeness (QED) is 0.346. The lowest BCUT2D eigenvalue weighted by atomic mass is 9.77. The molecule has 0 aliphatic carbocycles. The number of carbonyl (C=O) groups excluding carboxylic acids is 1.